The molecule has 4 N–H and O–H groups in total. The first-order chi connectivity index (χ1) is 8.56. The maximum absolute atomic E-state index is 10.1. The normalized spacial score (nSPS) is 18.4. The van der Waals surface area contributed by atoms with E-state index in [1.54, 1.807) is 0 Å². The molecule has 2 fully saturated rings. The zero-order valence-corrected chi connectivity index (χ0v) is 11.7. The zero-order chi connectivity index (χ0) is 13.8. The Kier molecular flexibility index (Phi) is 9.50. The number of imide groups is 1. The Morgan fingerprint density at radius 3 is 2.22 bits per heavy atom. The highest BCUT2D eigenvalue weighted by Crippen LogP contribution is 2.01. The number of nitrogens with two attached hydrogens (primary N) is 1. The first-order valence-corrected chi connectivity index (χ1v) is 7.21. The fraction of sp³-hybridized carbons (Fsp3) is 0.500. The second-order valence-corrected chi connectivity index (χ2v) is 5.03. The van der Waals surface area contributed by atoms with Crippen LogP contribution in [0.2, 0.25) is 6.04 Å². The van der Waals surface area contributed by atoms with Crippen molar-refractivity contribution in [1.82, 2.24) is 10.6 Å². The number of amides is 4. The highest BCUT2D eigenvalue weighted by atomic mass is 28.2. The third kappa shape index (κ3) is 10.8. The molecule has 2 heterocycles. The summed E-state index contributed by atoms with van der Waals surface area (Å²) in [6, 6.07) is 1.02. The Balaban J connectivity index is 0.000000245. The topological polar surface area (TPSA) is 111 Å². The highest BCUT2D eigenvalue weighted by Gasteiger charge is 2.14. The molecule has 7 nitrogen and oxygen atoms in total. The lowest BCUT2D eigenvalue weighted by Gasteiger charge is -2.07. The molecular formula is C10H19N3O4Si. The van der Waals surface area contributed by atoms with E-state index in [-0.39, 0.29) is 22.2 Å². The van der Waals surface area contributed by atoms with Gasteiger partial charge in [-0.15, -0.1) is 0 Å². The third-order valence-corrected chi connectivity index (χ3v) is 3.31. The number of nitrogens with one attached hydrogen (secondary N) is 2. The third-order valence-electron chi connectivity index (χ3n) is 1.94. The van der Waals surface area contributed by atoms with E-state index in [1.807, 2.05) is 5.32 Å². The Morgan fingerprint density at radius 2 is 2.11 bits per heavy atom. The molecule has 2 aliphatic heterocycles. The molecule has 0 aromatic carbocycles. The van der Waals surface area contributed by atoms with Crippen molar-refractivity contribution in [1.29, 1.82) is 0 Å². The maximum Gasteiger partial charge on any atom is 0.321 e. The predicted molar refractivity (Wildman–Crippen MR) is 69.5 cm³/mol. The van der Waals surface area contributed by atoms with Gasteiger partial charge in [-0.1, -0.05) is 13.0 Å². The molecule has 0 spiro atoms. The van der Waals surface area contributed by atoms with Crippen LogP contribution < -0.4 is 16.4 Å². The van der Waals surface area contributed by atoms with Crippen molar-refractivity contribution in [2.75, 3.05) is 13.2 Å². The largest absolute Gasteiger partial charge is 0.424 e. The molecule has 4 amide bonds. The summed E-state index contributed by atoms with van der Waals surface area (Å²) in [6.07, 6.45) is 3.80. The molecule has 0 atom stereocenters. The first-order valence-electron chi connectivity index (χ1n) is 5.63. The number of urea groups is 1. The standard InChI is InChI=1S/C4H10OSi.C3H4N2O2.C3H5NO/c1-2-4-6-5-3-1;6-2-1-4-3(7)5-2;1-2-3(4)5/h1-4,6H2;1H2,(H2,4,5,6,7);2H,1H2,(H2,4,5). The van der Waals surface area contributed by atoms with Crippen LogP contribution >= 0.6 is 0 Å². The number of primary amides is 1. The van der Waals surface area contributed by atoms with Crippen LogP contribution in [0, 0.1) is 0 Å². The second kappa shape index (κ2) is 10.5. The van der Waals surface area contributed by atoms with Gasteiger partial charge in [0.1, 0.15) is 0 Å². The van der Waals surface area contributed by atoms with E-state index in [1.165, 1.54) is 18.9 Å². The van der Waals surface area contributed by atoms with Gasteiger partial charge in [-0.05, 0) is 18.5 Å². The molecule has 18 heavy (non-hydrogen) atoms. The van der Waals surface area contributed by atoms with Crippen LogP contribution in [0.3, 0.4) is 0 Å². The quantitative estimate of drug-likeness (QED) is 0.316. The lowest BCUT2D eigenvalue weighted by Crippen LogP contribution is -2.22. The van der Waals surface area contributed by atoms with Gasteiger partial charge < -0.3 is 15.5 Å². The van der Waals surface area contributed by atoms with Crippen LogP contribution in [0.15, 0.2) is 12.7 Å². The number of carbonyl (C=O) groups excluding carboxylic acids is 3. The van der Waals surface area contributed by atoms with Crippen LogP contribution in [-0.4, -0.2) is 40.8 Å². The minimum Gasteiger partial charge on any atom is -0.424 e. The molecular weight excluding hydrogens is 254 g/mol. The van der Waals surface area contributed by atoms with Crippen molar-refractivity contribution in [3.8, 4) is 0 Å². The summed E-state index contributed by atoms with van der Waals surface area (Å²) >= 11 is 0. The van der Waals surface area contributed by atoms with Gasteiger partial charge in [-0.25, -0.2) is 4.79 Å². The van der Waals surface area contributed by atoms with E-state index in [0.717, 1.165) is 12.7 Å². The van der Waals surface area contributed by atoms with Crippen LogP contribution in [0.5, 0.6) is 0 Å². The number of hydrogen-bond acceptors (Lipinski definition) is 4. The molecule has 0 aliphatic carbocycles. The van der Waals surface area contributed by atoms with E-state index in [9.17, 15) is 14.4 Å². The number of rotatable bonds is 1. The average molecular weight is 273 g/mol. The second-order valence-electron chi connectivity index (χ2n) is 3.51. The Labute approximate surface area is 108 Å². The van der Waals surface area contributed by atoms with Gasteiger partial charge in [-0.2, -0.15) is 0 Å². The Morgan fingerprint density at radius 1 is 1.44 bits per heavy atom. The van der Waals surface area contributed by atoms with Gasteiger partial charge in [0.05, 0.1) is 6.54 Å². The molecule has 2 aliphatic rings. The highest BCUT2D eigenvalue weighted by molar-refractivity contribution is 6.27. The molecule has 2 saturated heterocycles. The SMILES string of the molecule is C1CC[SiH2]OC1.C=CC(N)=O.O=C1CNC(=O)N1. The van der Waals surface area contributed by atoms with E-state index in [2.05, 4.69) is 17.6 Å². The number of carbonyl (C=O) groups is 3. The van der Waals surface area contributed by atoms with Crippen LogP contribution in [0.1, 0.15) is 12.8 Å². The zero-order valence-electron chi connectivity index (χ0n) is 10.2. The summed E-state index contributed by atoms with van der Waals surface area (Å²) < 4.78 is 5.21. The molecule has 0 aromatic rings. The van der Waals surface area contributed by atoms with Crippen molar-refractivity contribution in [2.24, 2.45) is 5.73 Å². The van der Waals surface area contributed by atoms with E-state index < -0.39 is 11.9 Å². The van der Waals surface area contributed by atoms with E-state index in [0.29, 0.717) is 0 Å². The molecule has 8 heteroatoms. The van der Waals surface area contributed by atoms with Crippen LogP contribution in [-0.2, 0) is 14.0 Å². The summed E-state index contributed by atoms with van der Waals surface area (Å²) in [5, 5.41) is 4.30. The van der Waals surface area contributed by atoms with Gasteiger partial charge in [0.2, 0.25) is 11.8 Å². The van der Waals surface area contributed by atoms with Crippen molar-refractivity contribution < 1.29 is 18.8 Å². The molecule has 0 aromatic heterocycles. The minimum absolute atomic E-state index is 0.00849. The van der Waals surface area contributed by atoms with Gasteiger partial charge in [0.15, 0.2) is 9.76 Å². The maximum atomic E-state index is 10.1. The van der Waals surface area contributed by atoms with Gasteiger partial charge in [0, 0.05) is 6.61 Å². The van der Waals surface area contributed by atoms with E-state index >= 15 is 0 Å². The molecule has 2 rings (SSSR count). The summed E-state index contributed by atoms with van der Waals surface area (Å²) in [5.41, 5.74) is 4.53. The van der Waals surface area contributed by atoms with Gasteiger partial charge in [-0.3, -0.25) is 14.9 Å². The fourth-order valence-corrected chi connectivity index (χ4v) is 2.23. The van der Waals surface area contributed by atoms with Crippen molar-refractivity contribution in [3.05, 3.63) is 12.7 Å². The van der Waals surface area contributed by atoms with Crippen LogP contribution in [0.25, 0.3) is 0 Å². The van der Waals surface area contributed by atoms with Gasteiger partial charge in [0.25, 0.3) is 0 Å². The summed E-state index contributed by atoms with van der Waals surface area (Å²) in [4.78, 5) is 29.5. The fourth-order valence-electron chi connectivity index (χ4n) is 1.06. The molecule has 0 saturated carbocycles. The summed E-state index contributed by atoms with van der Waals surface area (Å²) in [6.45, 7) is 4.27. The minimum atomic E-state index is -0.481. The summed E-state index contributed by atoms with van der Waals surface area (Å²) in [5.74, 6) is -0.741. The lowest BCUT2D eigenvalue weighted by atomic mass is 10.4. The molecule has 0 bridgehead atoms. The predicted octanol–water partition coefficient (Wildman–Crippen LogP) is -1.22. The molecule has 0 radical (unpaired) electrons. The molecule has 102 valence electrons. The average Bonchev–Trinajstić information content (AvgIpc) is 2.77. The molecule has 0 unspecified atom stereocenters. The Bertz CT molecular complexity index is 280. The smallest absolute Gasteiger partial charge is 0.321 e. The monoisotopic (exact) mass is 273 g/mol. The first kappa shape index (κ1) is 16.3. The lowest BCUT2D eigenvalue weighted by molar-refractivity contribution is -0.117. The number of hydrogen-bond donors (Lipinski definition) is 3. The van der Waals surface area contributed by atoms with E-state index in [4.69, 9.17) is 4.43 Å². The van der Waals surface area contributed by atoms with Crippen molar-refractivity contribution >= 4 is 27.6 Å². The summed E-state index contributed by atoms with van der Waals surface area (Å²) in [7, 11) is 0.00849. The van der Waals surface area contributed by atoms with Gasteiger partial charge >= 0.3 is 6.03 Å². The van der Waals surface area contributed by atoms with Crippen molar-refractivity contribution in [3.63, 3.8) is 0 Å². The van der Waals surface area contributed by atoms with Crippen LogP contribution in [0.4, 0.5) is 4.79 Å². The van der Waals surface area contributed by atoms with Crippen molar-refractivity contribution in [2.45, 2.75) is 18.9 Å². The Hall–Kier alpha value is -1.67.